The summed E-state index contributed by atoms with van der Waals surface area (Å²) in [6.07, 6.45) is 0. The quantitative estimate of drug-likeness (QED) is 0.884. The molecule has 0 aliphatic heterocycles. The number of aliphatic hydroxyl groups is 1. The van der Waals surface area contributed by atoms with Crippen molar-refractivity contribution in [2.24, 2.45) is 0 Å². The van der Waals surface area contributed by atoms with E-state index < -0.39 is 5.92 Å². The molecule has 1 N–H and O–H groups in total. The van der Waals surface area contributed by atoms with Crippen molar-refractivity contribution in [2.45, 2.75) is 25.7 Å². The molecular weight excluding hydrogens is 242 g/mol. The maximum Gasteiger partial charge on any atom is 0.274 e. The smallest absolute Gasteiger partial charge is 0.274 e. The van der Waals surface area contributed by atoms with Crippen LogP contribution in [0.1, 0.15) is 30.9 Å². The molecule has 0 saturated heterocycles. The number of ether oxygens (including phenoxy) is 2. The molecule has 1 atom stereocenters. The Morgan fingerprint density at radius 1 is 1.28 bits per heavy atom. The number of aliphatic hydroxyl groups excluding tert-OH is 1. The van der Waals surface area contributed by atoms with Gasteiger partial charge in [-0.2, -0.15) is 0 Å². The normalized spacial score (nSPS) is 13.3. The Balaban J connectivity index is 3.46. The summed E-state index contributed by atoms with van der Waals surface area (Å²) in [6, 6.07) is 2.96. The number of hydrogen-bond acceptors (Lipinski definition) is 3. The van der Waals surface area contributed by atoms with Crippen LogP contribution in [0.5, 0.6) is 11.5 Å². The molecular formula is C13H18F2O3. The minimum atomic E-state index is -3.04. The molecule has 5 heteroatoms. The van der Waals surface area contributed by atoms with Gasteiger partial charge in [0.1, 0.15) is 0 Å². The molecule has 1 aromatic carbocycles. The Bertz CT molecular complexity index is 413. The van der Waals surface area contributed by atoms with E-state index in [1.54, 1.807) is 13.0 Å². The van der Waals surface area contributed by atoms with Crippen LogP contribution in [0.15, 0.2) is 12.1 Å². The lowest BCUT2D eigenvalue weighted by Gasteiger charge is -2.20. The van der Waals surface area contributed by atoms with Crippen molar-refractivity contribution >= 4 is 0 Å². The molecule has 1 rings (SSSR count). The summed E-state index contributed by atoms with van der Waals surface area (Å²) in [7, 11) is 2.71. The van der Waals surface area contributed by atoms with Gasteiger partial charge in [0.15, 0.2) is 11.5 Å². The topological polar surface area (TPSA) is 38.7 Å². The van der Waals surface area contributed by atoms with Gasteiger partial charge in [0.25, 0.3) is 5.92 Å². The van der Waals surface area contributed by atoms with E-state index in [2.05, 4.69) is 0 Å². The molecule has 0 heterocycles. The van der Waals surface area contributed by atoms with Gasteiger partial charge in [-0.05, 0) is 17.7 Å². The second kappa shape index (κ2) is 5.52. The van der Waals surface area contributed by atoms with Gasteiger partial charge in [0.05, 0.1) is 19.8 Å². The van der Waals surface area contributed by atoms with Gasteiger partial charge >= 0.3 is 0 Å². The van der Waals surface area contributed by atoms with Gasteiger partial charge in [0.2, 0.25) is 0 Å². The molecule has 0 fully saturated rings. The molecule has 0 aliphatic rings. The molecule has 102 valence electrons. The van der Waals surface area contributed by atoms with E-state index in [1.807, 2.05) is 0 Å². The van der Waals surface area contributed by atoms with E-state index in [1.165, 1.54) is 20.3 Å². The molecule has 0 aromatic heterocycles. The lowest BCUT2D eigenvalue weighted by molar-refractivity contribution is 0.0146. The van der Waals surface area contributed by atoms with E-state index in [-0.39, 0.29) is 29.6 Å². The van der Waals surface area contributed by atoms with Gasteiger partial charge in [-0.15, -0.1) is 0 Å². The van der Waals surface area contributed by atoms with Gasteiger partial charge in [-0.25, -0.2) is 8.78 Å². The highest BCUT2D eigenvalue weighted by atomic mass is 19.3. The van der Waals surface area contributed by atoms with Crippen molar-refractivity contribution in [1.29, 1.82) is 0 Å². The summed E-state index contributed by atoms with van der Waals surface area (Å²) in [5.74, 6) is -3.01. The van der Waals surface area contributed by atoms with Crippen molar-refractivity contribution in [1.82, 2.24) is 0 Å². The first-order chi connectivity index (χ1) is 8.35. The number of benzene rings is 1. The molecule has 1 aromatic rings. The Hall–Kier alpha value is -1.36. The van der Waals surface area contributed by atoms with E-state index >= 15 is 0 Å². The molecule has 0 aliphatic carbocycles. The van der Waals surface area contributed by atoms with Crippen LogP contribution in [0.2, 0.25) is 0 Å². The molecule has 3 nitrogen and oxygen atoms in total. The van der Waals surface area contributed by atoms with Crippen LogP contribution in [-0.2, 0) is 5.92 Å². The molecule has 0 saturated carbocycles. The average Bonchev–Trinajstić information content (AvgIpc) is 2.34. The number of methoxy groups -OCH3 is 2. The van der Waals surface area contributed by atoms with E-state index in [0.717, 1.165) is 6.92 Å². The summed E-state index contributed by atoms with van der Waals surface area (Å²) in [5, 5.41) is 9.11. The van der Waals surface area contributed by atoms with Crippen LogP contribution in [0.25, 0.3) is 0 Å². The van der Waals surface area contributed by atoms with E-state index in [9.17, 15) is 8.78 Å². The Kier molecular flexibility index (Phi) is 4.51. The van der Waals surface area contributed by atoms with Crippen molar-refractivity contribution in [2.75, 3.05) is 20.8 Å². The predicted octanol–water partition coefficient (Wildman–Crippen LogP) is 2.91. The molecule has 0 spiro atoms. The molecule has 0 bridgehead atoms. The monoisotopic (exact) mass is 260 g/mol. The molecule has 1 unspecified atom stereocenters. The number of alkyl halides is 2. The number of halogens is 2. The van der Waals surface area contributed by atoms with Crippen LogP contribution in [0, 0.1) is 0 Å². The third-order valence-electron chi connectivity index (χ3n) is 2.82. The lowest BCUT2D eigenvalue weighted by atomic mass is 9.96. The van der Waals surface area contributed by atoms with Crippen molar-refractivity contribution < 1.29 is 23.4 Å². The zero-order valence-corrected chi connectivity index (χ0v) is 11.0. The second-order valence-corrected chi connectivity index (χ2v) is 4.28. The Morgan fingerprint density at radius 3 is 2.28 bits per heavy atom. The van der Waals surface area contributed by atoms with Crippen LogP contribution >= 0.6 is 0 Å². The highest BCUT2D eigenvalue weighted by Gasteiger charge is 2.31. The fourth-order valence-electron chi connectivity index (χ4n) is 1.70. The summed E-state index contributed by atoms with van der Waals surface area (Å²) in [6.45, 7) is 2.43. The largest absolute Gasteiger partial charge is 0.493 e. The SMILES string of the molecule is COc1cc(C(C)CO)cc(C(C)(F)F)c1OC. The fourth-order valence-corrected chi connectivity index (χ4v) is 1.70. The van der Waals surface area contributed by atoms with Crippen LogP contribution in [0.3, 0.4) is 0 Å². The predicted molar refractivity (Wildman–Crippen MR) is 64.6 cm³/mol. The molecule has 0 radical (unpaired) electrons. The maximum atomic E-state index is 13.6. The number of rotatable bonds is 5. The van der Waals surface area contributed by atoms with Crippen molar-refractivity contribution in [3.8, 4) is 11.5 Å². The molecule has 18 heavy (non-hydrogen) atoms. The summed E-state index contributed by atoms with van der Waals surface area (Å²) in [5.41, 5.74) is 0.353. The fraction of sp³-hybridized carbons (Fsp3) is 0.538. The Labute approximate surface area is 105 Å². The van der Waals surface area contributed by atoms with Crippen LogP contribution < -0.4 is 9.47 Å². The lowest BCUT2D eigenvalue weighted by Crippen LogP contribution is -2.12. The highest BCUT2D eigenvalue weighted by molar-refractivity contribution is 5.52. The van der Waals surface area contributed by atoms with Gasteiger partial charge in [-0.1, -0.05) is 6.92 Å². The van der Waals surface area contributed by atoms with Gasteiger partial charge in [-0.3, -0.25) is 0 Å². The second-order valence-electron chi connectivity index (χ2n) is 4.28. The maximum absolute atomic E-state index is 13.6. The van der Waals surface area contributed by atoms with Crippen LogP contribution in [0.4, 0.5) is 8.78 Å². The highest BCUT2D eigenvalue weighted by Crippen LogP contribution is 2.42. The first kappa shape index (κ1) is 14.7. The summed E-state index contributed by atoms with van der Waals surface area (Å²) in [4.78, 5) is 0. The minimum absolute atomic E-state index is 0.0267. The van der Waals surface area contributed by atoms with Crippen molar-refractivity contribution in [3.05, 3.63) is 23.3 Å². The Morgan fingerprint density at radius 2 is 1.89 bits per heavy atom. The van der Waals surface area contributed by atoms with Crippen molar-refractivity contribution in [3.63, 3.8) is 0 Å². The summed E-state index contributed by atoms with van der Waals surface area (Å²) >= 11 is 0. The number of hydrogen-bond donors (Lipinski definition) is 1. The van der Waals surface area contributed by atoms with Crippen LogP contribution in [-0.4, -0.2) is 25.9 Å². The van der Waals surface area contributed by atoms with Gasteiger partial charge < -0.3 is 14.6 Å². The third-order valence-corrected chi connectivity index (χ3v) is 2.82. The molecule has 0 amide bonds. The zero-order chi connectivity index (χ0) is 13.9. The summed E-state index contributed by atoms with van der Waals surface area (Å²) < 4.78 is 37.2. The van der Waals surface area contributed by atoms with Gasteiger partial charge in [0, 0.05) is 19.4 Å². The first-order valence-corrected chi connectivity index (χ1v) is 5.60. The minimum Gasteiger partial charge on any atom is -0.493 e. The zero-order valence-electron chi connectivity index (χ0n) is 11.0. The average molecular weight is 260 g/mol. The van der Waals surface area contributed by atoms with E-state index in [4.69, 9.17) is 14.6 Å². The standard InChI is InChI=1S/C13H18F2O3/c1-8(7-16)9-5-10(13(2,14)15)12(18-4)11(6-9)17-3/h5-6,8,16H,7H2,1-4H3. The third kappa shape index (κ3) is 2.90. The first-order valence-electron chi connectivity index (χ1n) is 5.60. The van der Waals surface area contributed by atoms with E-state index in [0.29, 0.717) is 5.56 Å².